The van der Waals surface area contributed by atoms with E-state index < -0.39 is 0 Å². The first-order valence-electron chi connectivity index (χ1n) is 7.73. The molecule has 1 amide bonds. The standard InChI is InChI=1S/C17H21N3O2/c21-17(10-14-4-3-9-22-12-14)19-11-15-5-1-2-6-16(15)20-8-7-18-13-20/h1-2,5-8,13-14H,3-4,9-12H2,(H,19,21)/t14-/m1/s1. The van der Waals surface area contributed by atoms with Crippen molar-refractivity contribution in [3.05, 3.63) is 48.5 Å². The van der Waals surface area contributed by atoms with E-state index in [-0.39, 0.29) is 5.91 Å². The normalized spacial score (nSPS) is 18.1. The van der Waals surface area contributed by atoms with Crippen molar-refractivity contribution in [3.8, 4) is 5.69 Å². The Morgan fingerprint density at radius 1 is 1.41 bits per heavy atom. The van der Waals surface area contributed by atoms with Gasteiger partial charge in [-0.2, -0.15) is 0 Å². The van der Waals surface area contributed by atoms with Crippen LogP contribution in [-0.4, -0.2) is 28.7 Å². The van der Waals surface area contributed by atoms with Gasteiger partial charge in [0.1, 0.15) is 0 Å². The lowest BCUT2D eigenvalue weighted by Crippen LogP contribution is -2.28. The highest BCUT2D eigenvalue weighted by atomic mass is 16.5. The molecule has 2 aromatic rings. The zero-order valence-electron chi connectivity index (χ0n) is 12.6. The number of hydrogen-bond acceptors (Lipinski definition) is 3. The van der Waals surface area contributed by atoms with Gasteiger partial charge in [0.25, 0.3) is 0 Å². The quantitative estimate of drug-likeness (QED) is 0.921. The number of aromatic nitrogens is 2. The Labute approximate surface area is 130 Å². The summed E-state index contributed by atoms with van der Waals surface area (Å²) in [6.07, 6.45) is 8.10. The number of rotatable bonds is 5. The average Bonchev–Trinajstić information content (AvgIpc) is 3.08. The Balaban J connectivity index is 1.58. The van der Waals surface area contributed by atoms with Gasteiger partial charge in [-0.1, -0.05) is 18.2 Å². The van der Waals surface area contributed by atoms with Crippen LogP contribution < -0.4 is 5.32 Å². The van der Waals surface area contributed by atoms with Crippen LogP contribution in [0.2, 0.25) is 0 Å². The number of ether oxygens (including phenoxy) is 1. The third-order valence-corrected chi connectivity index (χ3v) is 3.98. The number of carbonyl (C=O) groups excluding carboxylic acids is 1. The molecule has 1 saturated heterocycles. The maximum absolute atomic E-state index is 12.1. The van der Waals surface area contributed by atoms with Crippen LogP contribution in [0.5, 0.6) is 0 Å². The Morgan fingerprint density at radius 2 is 2.32 bits per heavy atom. The first-order chi connectivity index (χ1) is 10.8. The molecule has 0 radical (unpaired) electrons. The predicted molar refractivity (Wildman–Crippen MR) is 83.6 cm³/mol. The largest absolute Gasteiger partial charge is 0.381 e. The van der Waals surface area contributed by atoms with Crippen molar-refractivity contribution in [1.82, 2.24) is 14.9 Å². The summed E-state index contributed by atoms with van der Waals surface area (Å²) in [5, 5.41) is 3.02. The minimum atomic E-state index is 0.0935. The minimum Gasteiger partial charge on any atom is -0.381 e. The van der Waals surface area contributed by atoms with Gasteiger partial charge in [-0.25, -0.2) is 4.98 Å². The van der Waals surface area contributed by atoms with Crippen LogP contribution in [0.15, 0.2) is 43.0 Å². The summed E-state index contributed by atoms with van der Waals surface area (Å²) in [4.78, 5) is 16.2. The SMILES string of the molecule is O=C(C[C@H]1CCCOC1)NCc1ccccc1-n1ccnc1. The van der Waals surface area contributed by atoms with Crippen molar-refractivity contribution in [1.29, 1.82) is 0 Å². The van der Waals surface area contributed by atoms with Crippen molar-refractivity contribution in [3.63, 3.8) is 0 Å². The van der Waals surface area contributed by atoms with Gasteiger partial charge in [-0.15, -0.1) is 0 Å². The van der Waals surface area contributed by atoms with Crippen LogP contribution in [0.25, 0.3) is 5.69 Å². The number of nitrogens with zero attached hydrogens (tertiary/aromatic N) is 2. The van der Waals surface area contributed by atoms with Crippen LogP contribution in [0.3, 0.4) is 0 Å². The maximum atomic E-state index is 12.1. The van der Waals surface area contributed by atoms with Crippen LogP contribution in [-0.2, 0) is 16.1 Å². The summed E-state index contributed by atoms with van der Waals surface area (Å²) < 4.78 is 7.38. The summed E-state index contributed by atoms with van der Waals surface area (Å²) in [6.45, 7) is 2.07. The summed E-state index contributed by atoms with van der Waals surface area (Å²) in [5.41, 5.74) is 2.12. The molecule has 5 heteroatoms. The van der Waals surface area contributed by atoms with E-state index in [0.717, 1.165) is 30.7 Å². The molecular formula is C17H21N3O2. The van der Waals surface area contributed by atoms with E-state index in [1.807, 2.05) is 35.0 Å². The van der Waals surface area contributed by atoms with Gasteiger partial charge < -0.3 is 14.6 Å². The summed E-state index contributed by atoms with van der Waals surface area (Å²) in [5.74, 6) is 0.452. The van der Waals surface area contributed by atoms with Crippen molar-refractivity contribution in [2.45, 2.75) is 25.8 Å². The maximum Gasteiger partial charge on any atom is 0.220 e. The fourth-order valence-electron chi connectivity index (χ4n) is 2.81. The predicted octanol–water partition coefficient (Wildman–Crippen LogP) is 2.31. The number of carbonyl (C=O) groups is 1. The molecule has 1 fully saturated rings. The van der Waals surface area contributed by atoms with Crippen molar-refractivity contribution in [2.75, 3.05) is 13.2 Å². The fraction of sp³-hybridized carbons (Fsp3) is 0.412. The van der Waals surface area contributed by atoms with E-state index in [1.165, 1.54) is 0 Å². The molecule has 0 spiro atoms. The first kappa shape index (κ1) is 14.8. The lowest BCUT2D eigenvalue weighted by molar-refractivity contribution is -0.123. The summed E-state index contributed by atoms with van der Waals surface area (Å²) in [6, 6.07) is 8.02. The van der Waals surface area contributed by atoms with Crippen molar-refractivity contribution < 1.29 is 9.53 Å². The monoisotopic (exact) mass is 299 g/mol. The van der Waals surface area contributed by atoms with Gasteiger partial charge in [0.05, 0.1) is 12.0 Å². The van der Waals surface area contributed by atoms with E-state index in [0.29, 0.717) is 25.5 Å². The topological polar surface area (TPSA) is 56.1 Å². The minimum absolute atomic E-state index is 0.0935. The van der Waals surface area contributed by atoms with Gasteiger partial charge in [-0.05, 0) is 30.4 Å². The summed E-state index contributed by atoms with van der Waals surface area (Å²) >= 11 is 0. The third-order valence-electron chi connectivity index (χ3n) is 3.98. The van der Waals surface area contributed by atoms with Crippen LogP contribution in [0.4, 0.5) is 0 Å². The number of imidazole rings is 1. The van der Waals surface area contributed by atoms with Crippen LogP contribution in [0, 0.1) is 5.92 Å². The number of para-hydroxylation sites is 1. The van der Waals surface area contributed by atoms with Crippen LogP contribution in [0.1, 0.15) is 24.8 Å². The van der Waals surface area contributed by atoms with Crippen LogP contribution >= 0.6 is 0 Å². The molecule has 3 rings (SSSR count). The smallest absolute Gasteiger partial charge is 0.220 e. The fourth-order valence-corrected chi connectivity index (χ4v) is 2.81. The second-order valence-electron chi connectivity index (χ2n) is 5.66. The highest BCUT2D eigenvalue weighted by Crippen LogP contribution is 2.17. The molecule has 0 aliphatic carbocycles. The van der Waals surface area contributed by atoms with Crippen molar-refractivity contribution in [2.24, 2.45) is 5.92 Å². The lowest BCUT2D eigenvalue weighted by Gasteiger charge is -2.21. The van der Waals surface area contributed by atoms with Gasteiger partial charge in [0.2, 0.25) is 5.91 Å². The highest BCUT2D eigenvalue weighted by molar-refractivity contribution is 5.76. The Hall–Kier alpha value is -2.14. The molecule has 0 saturated carbocycles. The summed E-state index contributed by atoms with van der Waals surface area (Å²) in [7, 11) is 0. The van der Waals surface area contributed by atoms with Crippen molar-refractivity contribution >= 4 is 5.91 Å². The van der Waals surface area contributed by atoms with Gasteiger partial charge in [0, 0.05) is 38.6 Å². The molecule has 2 heterocycles. The van der Waals surface area contributed by atoms with E-state index in [4.69, 9.17) is 4.74 Å². The Bertz CT molecular complexity index is 604. The third kappa shape index (κ3) is 3.74. The molecule has 1 aromatic heterocycles. The molecule has 5 nitrogen and oxygen atoms in total. The molecule has 0 bridgehead atoms. The molecule has 1 aromatic carbocycles. The molecule has 1 atom stereocenters. The molecule has 116 valence electrons. The Morgan fingerprint density at radius 3 is 3.09 bits per heavy atom. The molecule has 0 unspecified atom stereocenters. The number of hydrogen-bond donors (Lipinski definition) is 1. The van der Waals surface area contributed by atoms with E-state index >= 15 is 0 Å². The van der Waals surface area contributed by atoms with E-state index in [2.05, 4.69) is 10.3 Å². The average molecular weight is 299 g/mol. The molecule has 1 aliphatic rings. The van der Waals surface area contributed by atoms with Gasteiger partial charge >= 0.3 is 0 Å². The first-order valence-corrected chi connectivity index (χ1v) is 7.73. The Kier molecular flexibility index (Phi) is 4.85. The van der Waals surface area contributed by atoms with E-state index in [1.54, 1.807) is 12.5 Å². The zero-order chi connectivity index (χ0) is 15.2. The number of nitrogens with one attached hydrogen (secondary N) is 1. The van der Waals surface area contributed by atoms with Gasteiger partial charge in [0.15, 0.2) is 0 Å². The second-order valence-corrected chi connectivity index (χ2v) is 5.66. The molecule has 1 N–H and O–H groups in total. The lowest BCUT2D eigenvalue weighted by atomic mass is 9.98. The second kappa shape index (κ2) is 7.22. The van der Waals surface area contributed by atoms with E-state index in [9.17, 15) is 4.79 Å². The zero-order valence-corrected chi connectivity index (χ0v) is 12.6. The van der Waals surface area contributed by atoms with Gasteiger partial charge in [-0.3, -0.25) is 4.79 Å². The highest BCUT2D eigenvalue weighted by Gasteiger charge is 2.17. The molecule has 1 aliphatic heterocycles. The molecule has 22 heavy (non-hydrogen) atoms. The molecular weight excluding hydrogens is 278 g/mol. The number of amides is 1. The number of benzene rings is 1.